The first kappa shape index (κ1) is 17.1. The van der Waals surface area contributed by atoms with Gasteiger partial charge in [0, 0.05) is 18.8 Å². The number of methoxy groups -OCH3 is 1. The Morgan fingerprint density at radius 3 is 2.16 bits per heavy atom. The zero-order valence-corrected chi connectivity index (χ0v) is 15.4. The van der Waals surface area contributed by atoms with Gasteiger partial charge in [-0.2, -0.15) is 0 Å². The summed E-state index contributed by atoms with van der Waals surface area (Å²) in [5.41, 5.74) is 4.37. The first-order chi connectivity index (χ1) is 12.0. The maximum absolute atomic E-state index is 5.82. The lowest BCUT2D eigenvalue weighted by Crippen LogP contribution is -2.29. The van der Waals surface area contributed by atoms with Crippen LogP contribution in [0.2, 0.25) is 0 Å². The lowest BCUT2D eigenvalue weighted by Gasteiger charge is -2.20. The van der Waals surface area contributed by atoms with Crippen molar-refractivity contribution in [1.82, 2.24) is 9.97 Å². The van der Waals surface area contributed by atoms with E-state index in [2.05, 4.69) is 9.97 Å². The highest BCUT2D eigenvalue weighted by Crippen LogP contribution is 2.22. The third kappa shape index (κ3) is 3.69. The van der Waals surface area contributed by atoms with Gasteiger partial charge in [-0.05, 0) is 62.5 Å². The maximum atomic E-state index is 5.82. The molecule has 0 saturated heterocycles. The van der Waals surface area contributed by atoms with Crippen LogP contribution in [0.1, 0.15) is 11.4 Å². The van der Waals surface area contributed by atoms with E-state index in [9.17, 15) is 0 Å². The number of ether oxygens (including phenoxy) is 2. The molecular weight excluding hydrogens is 334 g/mol. The highest BCUT2D eigenvalue weighted by Gasteiger charge is 2.11. The van der Waals surface area contributed by atoms with Crippen molar-refractivity contribution in [3.8, 4) is 11.5 Å². The van der Waals surface area contributed by atoms with Crippen molar-refractivity contribution in [2.75, 3.05) is 19.1 Å². The van der Waals surface area contributed by atoms with Gasteiger partial charge in [-0.15, -0.1) is 0 Å². The normalized spacial score (nSPS) is 10.6. The van der Waals surface area contributed by atoms with E-state index in [1.54, 1.807) is 12.0 Å². The summed E-state index contributed by atoms with van der Waals surface area (Å²) in [6.45, 7) is 3.89. The van der Waals surface area contributed by atoms with E-state index in [0.717, 1.165) is 33.9 Å². The van der Waals surface area contributed by atoms with Gasteiger partial charge in [-0.25, -0.2) is 9.97 Å². The van der Waals surface area contributed by atoms with Gasteiger partial charge in [0.15, 0.2) is 0 Å². The number of nitrogens with zero attached hydrogens (tertiary/aromatic N) is 3. The Labute approximate surface area is 152 Å². The topological polar surface area (TPSA) is 47.5 Å². The number of hydrogen-bond acceptors (Lipinski definition) is 5. The Morgan fingerprint density at radius 1 is 0.920 bits per heavy atom. The molecule has 2 aromatic carbocycles. The van der Waals surface area contributed by atoms with Crippen molar-refractivity contribution < 1.29 is 9.47 Å². The summed E-state index contributed by atoms with van der Waals surface area (Å²) in [6, 6.07) is 13.2. The van der Waals surface area contributed by atoms with Crippen molar-refractivity contribution >= 4 is 34.1 Å². The molecule has 0 spiro atoms. The Morgan fingerprint density at radius 2 is 1.52 bits per heavy atom. The smallest absolute Gasteiger partial charge is 0.269 e. The van der Waals surface area contributed by atoms with Gasteiger partial charge in [-0.1, -0.05) is 0 Å². The number of aromatic nitrogens is 2. The summed E-state index contributed by atoms with van der Waals surface area (Å²) in [6.07, 6.45) is 0. The number of anilines is 1. The van der Waals surface area contributed by atoms with E-state index in [4.69, 9.17) is 21.7 Å². The summed E-state index contributed by atoms with van der Waals surface area (Å²) in [7, 11) is 3.50. The van der Waals surface area contributed by atoms with Gasteiger partial charge in [0.1, 0.15) is 11.5 Å². The number of fused-ring (bicyclic) bond motifs is 1. The minimum atomic E-state index is 0.348. The average Bonchev–Trinajstić information content (AvgIpc) is 2.62. The lowest BCUT2D eigenvalue weighted by molar-refractivity contribution is 0.415. The van der Waals surface area contributed by atoms with Gasteiger partial charge >= 0.3 is 0 Å². The zero-order chi connectivity index (χ0) is 18.0. The van der Waals surface area contributed by atoms with Gasteiger partial charge in [-0.3, -0.25) is 0 Å². The monoisotopic (exact) mass is 353 g/mol. The Kier molecular flexibility index (Phi) is 4.81. The summed E-state index contributed by atoms with van der Waals surface area (Å²) in [5, 5.41) is 0.348. The molecule has 5 nitrogen and oxygen atoms in total. The highest BCUT2D eigenvalue weighted by molar-refractivity contribution is 7.80. The molecule has 3 rings (SSSR count). The third-order valence-electron chi connectivity index (χ3n) is 3.99. The van der Waals surface area contributed by atoms with Crippen LogP contribution in [0.25, 0.3) is 11.0 Å². The van der Waals surface area contributed by atoms with Gasteiger partial charge in [0.25, 0.3) is 5.17 Å². The summed E-state index contributed by atoms with van der Waals surface area (Å²) < 4.78 is 11.0. The molecule has 0 aliphatic rings. The van der Waals surface area contributed by atoms with Crippen molar-refractivity contribution in [1.29, 1.82) is 0 Å². The fraction of sp³-hybridized carbons (Fsp3) is 0.211. The van der Waals surface area contributed by atoms with Gasteiger partial charge in [0.05, 0.1) is 29.5 Å². The van der Waals surface area contributed by atoms with E-state index in [1.807, 2.05) is 63.4 Å². The van der Waals surface area contributed by atoms with Crippen molar-refractivity contribution in [2.45, 2.75) is 13.8 Å². The van der Waals surface area contributed by atoms with Crippen LogP contribution in [0.4, 0.5) is 5.69 Å². The second-order valence-corrected chi connectivity index (χ2v) is 6.02. The first-order valence-corrected chi connectivity index (χ1v) is 8.23. The molecule has 0 aliphatic carbocycles. The fourth-order valence-electron chi connectivity index (χ4n) is 2.35. The molecule has 0 fully saturated rings. The van der Waals surface area contributed by atoms with Crippen LogP contribution in [0, 0.1) is 13.8 Å². The minimum absolute atomic E-state index is 0.348. The highest BCUT2D eigenvalue weighted by atomic mass is 32.1. The first-order valence-electron chi connectivity index (χ1n) is 7.82. The second kappa shape index (κ2) is 7.03. The standard InChI is InChI=1S/C19H19N3O2S/c1-12-13(2)21-18-11-16(9-10-17(18)20-12)24-19(25)22(3)14-5-7-15(23-4)8-6-14/h5-11H,1-4H3. The summed E-state index contributed by atoms with van der Waals surface area (Å²) in [4.78, 5) is 10.9. The molecule has 0 atom stereocenters. The molecule has 0 amide bonds. The molecule has 0 saturated carbocycles. The predicted octanol–water partition coefficient (Wildman–Crippen LogP) is 4.06. The molecular formula is C19H19N3O2S. The molecule has 25 heavy (non-hydrogen) atoms. The molecule has 1 aromatic heterocycles. The molecule has 0 N–H and O–H groups in total. The van der Waals surface area contributed by atoms with E-state index in [1.165, 1.54) is 0 Å². The van der Waals surface area contributed by atoms with E-state index >= 15 is 0 Å². The van der Waals surface area contributed by atoms with Crippen LogP contribution in [0.15, 0.2) is 42.5 Å². The molecule has 1 heterocycles. The average molecular weight is 353 g/mol. The number of benzene rings is 2. The van der Waals surface area contributed by atoms with Crippen molar-refractivity contribution in [3.63, 3.8) is 0 Å². The van der Waals surface area contributed by atoms with E-state index < -0.39 is 0 Å². The quantitative estimate of drug-likeness (QED) is 0.662. The molecule has 0 unspecified atom stereocenters. The second-order valence-electron chi connectivity index (χ2n) is 5.67. The molecule has 128 valence electrons. The fourth-order valence-corrected chi connectivity index (χ4v) is 2.56. The van der Waals surface area contributed by atoms with Crippen molar-refractivity contribution in [3.05, 3.63) is 53.9 Å². The van der Waals surface area contributed by atoms with Crippen LogP contribution in [0.3, 0.4) is 0 Å². The SMILES string of the molecule is COc1ccc(N(C)C(=S)Oc2ccc3nc(C)c(C)nc3c2)cc1. The Balaban J connectivity index is 1.79. The van der Waals surface area contributed by atoms with E-state index in [-0.39, 0.29) is 0 Å². The molecule has 0 bridgehead atoms. The van der Waals surface area contributed by atoms with Crippen molar-refractivity contribution in [2.24, 2.45) is 0 Å². The number of hydrogen-bond donors (Lipinski definition) is 0. The predicted molar refractivity (Wildman–Crippen MR) is 104 cm³/mol. The third-order valence-corrected chi connectivity index (χ3v) is 4.34. The Hall–Kier alpha value is -2.73. The number of rotatable bonds is 3. The summed E-state index contributed by atoms with van der Waals surface area (Å²) >= 11 is 5.41. The Bertz CT molecular complexity index is 926. The largest absolute Gasteiger partial charge is 0.497 e. The van der Waals surface area contributed by atoms with Gasteiger partial charge < -0.3 is 14.4 Å². The van der Waals surface area contributed by atoms with Crippen LogP contribution >= 0.6 is 12.2 Å². The van der Waals surface area contributed by atoms with Crippen LogP contribution in [-0.4, -0.2) is 29.3 Å². The summed E-state index contributed by atoms with van der Waals surface area (Å²) in [5.74, 6) is 1.43. The maximum Gasteiger partial charge on any atom is 0.269 e. The van der Waals surface area contributed by atoms with Crippen LogP contribution < -0.4 is 14.4 Å². The minimum Gasteiger partial charge on any atom is -0.497 e. The molecule has 0 aliphatic heterocycles. The van der Waals surface area contributed by atoms with E-state index in [0.29, 0.717) is 10.9 Å². The van der Waals surface area contributed by atoms with Gasteiger partial charge in [0.2, 0.25) is 0 Å². The zero-order valence-electron chi connectivity index (χ0n) is 14.6. The van der Waals surface area contributed by atoms with Crippen LogP contribution in [-0.2, 0) is 0 Å². The lowest BCUT2D eigenvalue weighted by atomic mass is 10.2. The number of aryl methyl sites for hydroxylation is 2. The van der Waals surface area contributed by atoms with Crippen LogP contribution in [0.5, 0.6) is 11.5 Å². The molecule has 3 aromatic rings. The molecule has 6 heteroatoms. The number of thiocarbonyl (C=S) groups is 1. The molecule has 0 radical (unpaired) electrons.